The minimum atomic E-state index is -4.16. The second kappa shape index (κ2) is 13.0. The molecule has 0 saturated carbocycles. The summed E-state index contributed by atoms with van der Waals surface area (Å²) in [5, 5.41) is 15.3. The van der Waals surface area contributed by atoms with Crippen LogP contribution in [0.25, 0.3) is 0 Å². The van der Waals surface area contributed by atoms with Crippen molar-refractivity contribution >= 4 is 39.2 Å². The van der Waals surface area contributed by atoms with Gasteiger partial charge in [-0.2, -0.15) is 5.10 Å². The molecule has 0 aliphatic carbocycles. The van der Waals surface area contributed by atoms with E-state index in [-0.39, 0.29) is 16.3 Å². The normalized spacial score (nSPS) is 13.7. The summed E-state index contributed by atoms with van der Waals surface area (Å²) in [5.41, 5.74) is 3.55. The Morgan fingerprint density at radius 3 is 2.52 bits per heavy atom. The highest BCUT2D eigenvalue weighted by atomic mass is 32.2. The topological polar surface area (TPSA) is 144 Å². The number of ether oxygens (including phenoxy) is 2. The van der Waals surface area contributed by atoms with Crippen LogP contribution >= 0.6 is 0 Å². The number of hydrazone groups is 1. The Balaban J connectivity index is 1.60. The lowest BCUT2D eigenvalue weighted by Gasteiger charge is -2.29. The lowest BCUT2D eigenvalue weighted by molar-refractivity contribution is -0.384. The fourth-order valence-corrected chi connectivity index (χ4v) is 5.60. The number of morpholine rings is 1. The number of carbonyl (C=O) groups excluding carboxylic acids is 1. The average molecular weight is 568 g/mol. The summed E-state index contributed by atoms with van der Waals surface area (Å²) >= 11 is 0. The number of amides is 1. The summed E-state index contributed by atoms with van der Waals surface area (Å²) in [6.07, 6.45) is 1.31. The van der Waals surface area contributed by atoms with E-state index in [1.807, 2.05) is 4.90 Å². The number of anilines is 2. The molecule has 40 heavy (non-hydrogen) atoms. The molecule has 13 heteroatoms. The van der Waals surface area contributed by atoms with Crippen LogP contribution in [0.4, 0.5) is 17.1 Å². The smallest absolute Gasteiger partial charge is 0.270 e. The van der Waals surface area contributed by atoms with Crippen molar-refractivity contribution in [1.82, 2.24) is 5.43 Å². The molecule has 0 bridgehead atoms. The molecule has 0 aromatic heterocycles. The van der Waals surface area contributed by atoms with Gasteiger partial charge in [-0.25, -0.2) is 13.8 Å². The van der Waals surface area contributed by atoms with E-state index >= 15 is 0 Å². The first-order valence-electron chi connectivity index (χ1n) is 12.5. The zero-order valence-corrected chi connectivity index (χ0v) is 22.6. The van der Waals surface area contributed by atoms with E-state index in [0.717, 1.165) is 4.31 Å². The van der Waals surface area contributed by atoms with Crippen molar-refractivity contribution in [3.05, 3.63) is 88.5 Å². The number of sulfonamides is 1. The second-order valence-electron chi connectivity index (χ2n) is 8.62. The van der Waals surface area contributed by atoms with Crippen LogP contribution in [0, 0.1) is 10.1 Å². The molecule has 1 heterocycles. The van der Waals surface area contributed by atoms with E-state index in [2.05, 4.69) is 10.5 Å². The van der Waals surface area contributed by atoms with E-state index in [0.29, 0.717) is 49.9 Å². The van der Waals surface area contributed by atoms with Crippen molar-refractivity contribution in [2.45, 2.75) is 11.8 Å². The minimum absolute atomic E-state index is 0.00403. The van der Waals surface area contributed by atoms with Crippen LogP contribution < -0.4 is 19.4 Å². The maximum absolute atomic E-state index is 13.6. The molecule has 0 radical (unpaired) electrons. The third kappa shape index (κ3) is 6.74. The van der Waals surface area contributed by atoms with Gasteiger partial charge >= 0.3 is 0 Å². The molecule has 210 valence electrons. The van der Waals surface area contributed by atoms with Crippen molar-refractivity contribution < 1.29 is 27.6 Å². The number of nitrogens with one attached hydrogen (secondary N) is 1. The summed E-state index contributed by atoms with van der Waals surface area (Å²) < 4.78 is 39.2. The summed E-state index contributed by atoms with van der Waals surface area (Å²) in [6, 6.07) is 18.7. The number of nitrogens with zero attached hydrogens (tertiary/aromatic N) is 4. The Morgan fingerprint density at radius 2 is 1.82 bits per heavy atom. The van der Waals surface area contributed by atoms with Crippen LogP contribution in [-0.4, -0.2) is 64.9 Å². The molecular weight excluding hydrogens is 538 g/mol. The number of rotatable bonds is 11. The van der Waals surface area contributed by atoms with Gasteiger partial charge in [0, 0.05) is 36.5 Å². The molecule has 1 aliphatic heterocycles. The van der Waals surface area contributed by atoms with Gasteiger partial charge in [0.2, 0.25) is 0 Å². The van der Waals surface area contributed by atoms with E-state index < -0.39 is 27.4 Å². The maximum Gasteiger partial charge on any atom is 0.270 e. The molecule has 3 aromatic rings. The molecule has 12 nitrogen and oxygen atoms in total. The predicted octanol–water partition coefficient (Wildman–Crippen LogP) is 3.18. The number of nitro benzene ring substituents is 1. The Bertz CT molecular complexity index is 1480. The Labute approximate surface area is 232 Å². The van der Waals surface area contributed by atoms with Crippen LogP contribution in [0.2, 0.25) is 0 Å². The van der Waals surface area contributed by atoms with E-state index in [1.165, 1.54) is 30.5 Å². The summed E-state index contributed by atoms with van der Waals surface area (Å²) in [6.45, 7) is 3.68. The maximum atomic E-state index is 13.6. The molecular formula is C27H29N5O7S. The Morgan fingerprint density at radius 1 is 1.12 bits per heavy atom. The molecule has 3 aromatic carbocycles. The zero-order valence-electron chi connectivity index (χ0n) is 21.8. The van der Waals surface area contributed by atoms with Gasteiger partial charge in [-0.1, -0.05) is 30.3 Å². The van der Waals surface area contributed by atoms with Crippen LogP contribution in [0.3, 0.4) is 0 Å². The number of nitro groups is 1. The standard InChI is InChI=1S/C27H29N5O7S/c1-2-39-26-11-7-6-10-25(26)31(40(36,37)23-8-4-3-5-9-23)20-27(33)29-28-19-21-18-22(32(34)35)12-13-24(21)30-14-16-38-17-15-30/h3-13,18-19H,2,14-17,20H2,1H3,(H,29,33)/b28-19-. The predicted molar refractivity (Wildman–Crippen MR) is 150 cm³/mol. The van der Waals surface area contributed by atoms with Crippen molar-refractivity contribution in [2.24, 2.45) is 5.10 Å². The van der Waals surface area contributed by atoms with Gasteiger partial charge in [0.1, 0.15) is 12.3 Å². The van der Waals surface area contributed by atoms with E-state index in [9.17, 15) is 23.3 Å². The minimum Gasteiger partial charge on any atom is -0.492 e. The largest absolute Gasteiger partial charge is 0.492 e. The fraction of sp³-hybridized carbons (Fsp3) is 0.259. The molecule has 0 spiro atoms. The molecule has 1 fully saturated rings. The van der Waals surface area contributed by atoms with Gasteiger partial charge in [0.25, 0.3) is 21.6 Å². The molecule has 0 atom stereocenters. The lowest BCUT2D eigenvalue weighted by Crippen LogP contribution is -2.39. The first-order valence-corrected chi connectivity index (χ1v) is 14.0. The van der Waals surface area contributed by atoms with Crippen molar-refractivity contribution in [2.75, 3.05) is 48.7 Å². The number of para-hydroxylation sites is 2. The van der Waals surface area contributed by atoms with Gasteiger partial charge in [-0.15, -0.1) is 0 Å². The van der Waals surface area contributed by atoms with Gasteiger partial charge in [-0.3, -0.25) is 19.2 Å². The average Bonchev–Trinajstić information content (AvgIpc) is 2.97. The van der Waals surface area contributed by atoms with Gasteiger partial charge < -0.3 is 14.4 Å². The zero-order chi connectivity index (χ0) is 28.5. The number of carbonyl (C=O) groups is 1. The van der Waals surface area contributed by atoms with Crippen LogP contribution in [0.1, 0.15) is 12.5 Å². The lowest BCUT2D eigenvalue weighted by atomic mass is 10.1. The van der Waals surface area contributed by atoms with Crippen molar-refractivity contribution in [3.8, 4) is 5.75 Å². The molecule has 1 N–H and O–H groups in total. The van der Waals surface area contributed by atoms with Crippen molar-refractivity contribution in [3.63, 3.8) is 0 Å². The quantitative estimate of drug-likeness (QED) is 0.211. The molecule has 1 saturated heterocycles. The number of benzene rings is 3. The first kappa shape index (κ1) is 28.5. The number of hydrogen-bond donors (Lipinski definition) is 1. The van der Waals surface area contributed by atoms with Crippen LogP contribution in [0.5, 0.6) is 5.75 Å². The molecule has 0 unspecified atom stereocenters. The highest BCUT2D eigenvalue weighted by molar-refractivity contribution is 7.92. The Hall–Kier alpha value is -4.49. The first-order chi connectivity index (χ1) is 19.3. The Kier molecular flexibility index (Phi) is 9.30. The summed E-state index contributed by atoms with van der Waals surface area (Å²) in [4.78, 5) is 25.9. The van der Waals surface area contributed by atoms with Gasteiger partial charge in [0.15, 0.2) is 0 Å². The summed E-state index contributed by atoms with van der Waals surface area (Å²) in [5.74, 6) is -0.423. The van der Waals surface area contributed by atoms with Crippen LogP contribution in [0.15, 0.2) is 82.8 Å². The van der Waals surface area contributed by atoms with Crippen molar-refractivity contribution in [1.29, 1.82) is 0 Å². The number of non-ortho nitro benzene ring substituents is 1. The highest BCUT2D eigenvalue weighted by Crippen LogP contribution is 2.32. The molecule has 1 amide bonds. The molecule has 4 rings (SSSR count). The fourth-order valence-electron chi connectivity index (χ4n) is 4.15. The third-order valence-electron chi connectivity index (χ3n) is 6.02. The van der Waals surface area contributed by atoms with E-state index in [4.69, 9.17) is 9.47 Å². The highest BCUT2D eigenvalue weighted by Gasteiger charge is 2.29. The second-order valence-corrected chi connectivity index (χ2v) is 10.5. The SMILES string of the molecule is CCOc1ccccc1N(CC(=O)N/N=C\c1cc([N+](=O)[O-])ccc1N1CCOCC1)S(=O)(=O)c1ccccc1. The van der Waals surface area contributed by atoms with Crippen LogP contribution in [-0.2, 0) is 19.6 Å². The molecule has 1 aliphatic rings. The third-order valence-corrected chi connectivity index (χ3v) is 7.79. The summed E-state index contributed by atoms with van der Waals surface area (Å²) in [7, 11) is -4.16. The number of hydrogen-bond acceptors (Lipinski definition) is 9. The van der Waals surface area contributed by atoms with E-state index in [1.54, 1.807) is 55.5 Å². The van der Waals surface area contributed by atoms with Gasteiger partial charge in [-0.05, 0) is 37.3 Å². The van der Waals surface area contributed by atoms with Gasteiger partial charge in [0.05, 0.1) is 41.5 Å². The monoisotopic (exact) mass is 567 g/mol.